The molecule has 4 unspecified atom stereocenters. The molecule has 0 aromatic rings. The van der Waals surface area contributed by atoms with Gasteiger partial charge in [-0.25, -0.2) is 0 Å². The maximum absolute atomic E-state index is 12.5. The summed E-state index contributed by atoms with van der Waals surface area (Å²) in [4.78, 5) is 25.9. The molecule has 1 aliphatic heterocycles. The number of carbonyl (C=O) groups excluding carboxylic acids is 2. The SMILES string of the molecule is O=C1CN(C(=O)C2C3C4CCC(C4)C23)CCCN1. The number of carbonyl (C=O) groups is 2. The van der Waals surface area contributed by atoms with Gasteiger partial charge in [0.1, 0.15) is 0 Å². The molecule has 0 aromatic heterocycles. The molecule has 4 aliphatic rings. The van der Waals surface area contributed by atoms with Gasteiger partial charge in [0.15, 0.2) is 0 Å². The molecule has 4 atom stereocenters. The monoisotopic (exact) mass is 248 g/mol. The molecule has 2 bridgehead atoms. The Morgan fingerprint density at radius 3 is 2.67 bits per heavy atom. The number of hydrogen-bond donors (Lipinski definition) is 1. The molecule has 0 spiro atoms. The molecule has 2 amide bonds. The Balaban J connectivity index is 1.46. The minimum atomic E-state index is 0.00892. The average molecular weight is 248 g/mol. The maximum atomic E-state index is 12.5. The van der Waals surface area contributed by atoms with Crippen molar-refractivity contribution in [3.63, 3.8) is 0 Å². The fraction of sp³-hybridized carbons (Fsp3) is 0.857. The van der Waals surface area contributed by atoms with Gasteiger partial charge in [0.25, 0.3) is 0 Å². The van der Waals surface area contributed by atoms with E-state index in [0.717, 1.165) is 24.8 Å². The Morgan fingerprint density at radius 1 is 1.22 bits per heavy atom. The Labute approximate surface area is 107 Å². The van der Waals surface area contributed by atoms with Gasteiger partial charge in [-0.05, 0) is 49.4 Å². The molecule has 4 nitrogen and oxygen atoms in total. The van der Waals surface area contributed by atoms with Crippen molar-refractivity contribution in [1.29, 1.82) is 0 Å². The Bertz CT molecular complexity index is 393. The van der Waals surface area contributed by atoms with Crippen LogP contribution in [-0.2, 0) is 9.59 Å². The first-order valence-corrected chi connectivity index (χ1v) is 7.31. The van der Waals surface area contributed by atoms with Crippen LogP contribution in [0.25, 0.3) is 0 Å². The van der Waals surface area contributed by atoms with Gasteiger partial charge in [0, 0.05) is 19.0 Å². The first kappa shape index (κ1) is 10.8. The maximum Gasteiger partial charge on any atom is 0.239 e. The second kappa shape index (κ2) is 3.72. The van der Waals surface area contributed by atoms with Gasteiger partial charge in [-0.1, -0.05) is 0 Å². The second-order valence-corrected chi connectivity index (χ2v) is 6.48. The minimum Gasteiger partial charge on any atom is -0.354 e. The third-order valence-corrected chi connectivity index (χ3v) is 5.59. The van der Waals surface area contributed by atoms with Crippen molar-refractivity contribution in [3.8, 4) is 0 Å². The summed E-state index contributed by atoms with van der Waals surface area (Å²) in [7, 11) is 0. The predicted molar refractivity (Wildman–Crippen MR) is 65.5 cm³/mol. The zero-order valence-corrected chi connectivity index (χ0v) is 10.6. The van der Waals surface area contributed by atoms with Crippen molar-refractivity contribution in [2.24, 2.45) is 29.6 Å². The van der Waals surface area contributed by atoms with Crippen LogP contribution in [0, 0.1) is 29.6 Å². The zero-order valence-electron chi connectivity index (χ0n) is 10.6. The summed E-state index contributed by atoms with van der Waals surface area (Å²) in [5.41, 5.74) is 0. The molecule has 0 radical (unpaired) electrons. The normalized spacial score (nSPS) is 45.4. The lowest BCUT2D eigenvalue weighted by Crippen LogP contribution is -2.39. The molecule has 4 fully saturated rings. The highest BCUT2D eigenvalue weighted by atomic mass is 16.2. The predicted octanol–water partition coefficient (Wildman–Crippen LogP) is 0.627. The molecule has 4 rings (SSSR count). The largest absolute Gasteiger partial charge is 0.354 e. The average Bonchev–Trinajstić information content (AvgIpc) is 2.91. The zero-order chi connectivity index (χ0) is 12.3. The van der Waals surface area contributed by atoms with E-state index in [2.05, 4.69) is 5.32 Å². The lowest BCUT2D eigenvalue weighted by molar-refractivity contribution is -0.137. The summed E-state index contributed by atoms with van der Waals surface area (Å²) in [6.07, 6.45) is 4.96. The van der Waals surface area contributed by atoms with Crippen molar-refractivity contribution in [1.82, 2.24) is 10.2 Å². The van der Waals surface area contributed by atoms with Crippen LogP contribution >= 0.6 is 0 Å². The van der Waals surface area contributed by atoms with Crippen LogP contribution < -0.4 is 5.32 Å². The molecule has 4 heteroatoms. The van der Waals surface area contributed by atoms with Crippen molar-refractivity contribution in [3.05, 3.63) is 0 Å². The Kier molecular flexibility index (Phi) is 2.24. The summed E-state index contributed by atoms with van der Waals surface area (Å²) < 4.78 is 0. The van der Waals surface area contributed by atoms with Gasteiger partial charge >= 0.3 is 0 Å². The third kappa shape index (κ3) is 1.44. The molecule has 1 saturated heterocycles. The first-order valence-electron chi connectivity index (χ1n) is 7.31. The van der Waals surface area contributed by atoms with E-state index in [4.69, 9.17) is 0 Å². The molecule has 3 aliphatic carbocycles. The van der Waals surface area contributed by atoms with Crippen LogP contribution in [0.5, 0.6) is 0 Å². The molecular weight excluding hydrogens is 228 g/mol. The lowest BCUT2D eigenvalue weighted by Gasteiger charge is -2.20. The van der Waals surface area contributed by atoms with E-state index in [-0.39, 0.29) is 24.3 Å². The smallest absolute Gasteiger partial charge is 0.239 e. The summed E-state index contributed by atoms with van der Waals surface area (Å²) >= 11 is 0. The summed E-state index contributed by atoms with van der Waals surface area (Å²) in [6, 6.07) is 0. The highest BCUT2D eigenvalue weighted by molar-refractivity contribution is 5.88. The molecule has 98 valence electrons. The number of amides is 2. The number of fused-ring (bicyclic) bond motifs is 5. The fourth-order valence-electron chi connectivity index (χ4n) is 4.86. The highest BCUT2D eigenvalue weighted by Gasteiger charge is 2.67. The van der Waals surface area contributed by atoms with Crippen LogP contribution in [0.3, 0.4) is 0 Å². The van der Waals surface area contributed by atoms with Crippen molar-refractivity contribution in [2.75, 3.05) is 19.6 Å². The van der Waals surface area contributed by atoms with E-state index >= 15 is 0 Å². The van der Waals surface area contributed by atoms with Gasteiger partial charge in [-0.15, -0.1) is 0 Å². The van der Waals surface area contributed by atoms with Crippen LogP contribution in [0.15, 0.2) is 0 Å². The van der Waals surface area contributed by atoms with E-state index in [1.807, 2.05) is 4.90 Å². The number of nitrogens with zero attached hydrogens (tertiary/aromatic N) is 1. The number of hydrogen-bond acceptors (Lipinski definition) is 2. The van der Waals surface area contributed by atoms with E-state index in [9.17, 15) is 9.59 Å². The van der Waals surface area contributed by atoms with Crippen molar-refractivity contribution in [2.45, 2.75) is 25.7 Å². The van der Waals surface area contributed by atoms with Gasteiger partial charge in [0.05, 0.1) is 6.54 Å². The quantitative estimate of drug-likeness (QED) is 0.740. The summed E-state index contributed by atoms with van der Waals surface area (Å²) in [5, 5.41) is 2.84. The van der Waals surface area contributed by atoms with Crippen molar-refractivity contribution < 1.29 is 9.59 Å². The van der Waals surface area contributed by atoms with E-state index < -0.39 is 0 Å². The molecule has 1 N–H and O–H groups in total. The lowest BCUT2D eigenvalue weighted by atomic mass is 10.0. The Hall–Kier alpha value is -1.06. The van der Waals surface area contributed by atoms with E-state index in [0.29, 0.717) is 18.4 Å². The Morgan fingerprint density at radius 2 is 1.94 bits per heavy atom. The fourth-order valence-corrected chi connectivity index (χ4v) is 4.86. The minimum absolute atomic E-state index is 0.00892. The topological polar surface area (TPSA) is 49.4 Å². The van der Waals surface area contributed by atoms with Crippen LogP contribution in [0.1, 0.15) is 25.7 Å². The number of rotatable bonds is 1. The number of nitrogens with one attached hydrogen (secondary N) is 1. The third-order valence-electron chi connectivity index (χ3n) is 5.59. The van der Waals surface area contributed by atoms with Gasteiger partial charge in [-0.2, -0.15) is 0 Å². The molecular formula is C14H20N2O2. The van der Waals surface area contributed by atoms with Gasteiger partial charge in [0.2, 0.25) is 11.8 Å². The van der Waals surface area contributed by atoms with Crippen LogP contribution in [-0.4, -0.2) is 36.3 Å². The molecule has 1 heterocycles. The van der Waals surface area contributed by atoms with Crippen molar-refractivity contribution >= 4 is 11.8 Å². The summed E-state index contributed by atoms with van der Waals surface area (Å²) in [6.45, 7) is 1.75. The molecule has 3 saturated carbocycles. The van der Waals surface area contributed by atoms with Gasteiger partial charge in [-0.3, -0.25) is 9.59 Å². The van der Waals surface area contributed by atoms with Crippen LogP contribution in [0.4, 0.5) is 0 Å². The van der Waals surface area contributed by atoms with Crippen LogP contribution in [0.2, 0.25) is 0 Å². The molecule has 0 aromatic carbocycles. The second-order valence-electron chi connectivity index (χ2n) is 6.48. The standard InChI is InChI=1S/C14H20N2O2/c17-10-7-16(5-1-4-15-10)14(18)13-11-8-2-3-9(6-8)12(11)13/h8-9,11-13H,1-7H2,(H,15,17). The molecule has 18 heavy (non-hydrogen) atoms. The van der Waals surface area contributed by atoms with E-state index in [1.54, 1.807) is 0 Å². The van der Waals surface area contributed by atoms with Gasteiger partial charge < -0.3 is 10.2 Å². The highest BCUT2D eigenvalue weighted by Crippen LogP contribution is 2.69. The van der Waals surface area contributed by atoms with E-state index in [1.165, 1.54) is 19.3 Å². The first-order chi connectivity index (χ1) is 8.75. The summed E-state index contributed by atoms with van der Waals surface area (Å²) in [5.74, 6) is 3.59.